The van der Waals surface area contributed by atoms with E-state index in [9.17, 15) is 8.42 Å². The van der Waals surface area contributed by atoms with Crippen LogP contribution in [0.4, 0.5) is 0 Å². The fraction of sp³-hybridized carbons (Fsp3) is 0.154. The first-order chi connectivity index (χ1) is 14.5. The molecule has 0 unspecified atom stereocenters. The Kier molecular flexibility index (Phi) is 5.71. The Hall–Kier alpha value is -2.95. The molecule has 3 aromatic rings. The van der Waals surface area contributed by atoms with Crippen molar-refractivity contribution in [2.24, 2.45) is 5.92 Å². The molecule has 152 valence electrons. The lowest BCUT2D eigenvalue weighted by Gasteiger charge is -2.35. The van der Waals surface area contributed by atoms with Gasteiger partial charge < -0.3 is 0 Å². The van der Waals surface area contributed by atoms with Gasteiger partial charge in [-0.3, -0.25) is 0 Å². The van der Waals surface area contributed by atoms with Gasteiger partial charge in [0.15, 0.2) is 0 Å². The second-order valence-electron chi connectivity index (χ2n) is 7.58. The van der Waals surface area contributed by atoms with Crippen molar-refractivity contribution in [3.63, 3.8) is 0 Å². The molecule has 4 heteroatoms. The van der Waals surface area contributed by atoms with Gasteiger partial charge in [-0.1, -0.05) is 84.4 Å². The Balaban J connectivity index is 1.85. The molecule has 0 bridgehead atoms. The van der Waals surface area contributed by atoms with Crippen LogP contribution in [-0.2, 0) is 10.0 Å². The standard InChI is InChI=1S/C26H25NO2S/c1-3-21-18-27(30(28,29)24-16-14-20(2)15-17-24)19-25(22-10-6-4-7-11-22)26(21)23-12-8-5-9-13-23/h3-17,21H,1,18-19H2,2H3/t21-/m0/s1. The summed E-state index contributed by atoms with van der Waals surface area (Å²) >= 11 is 0. The second-order valence-corrected chi connectivity index (χ2v) is 9.52. The van der Waals surface area contributed by atoms with Crippen molar-refractivity contribution in [2.45, 2.75) is 11.8 Å². The molecule has 1 aliphatic rings. The van der Waals surface area contributed by atoms with Crippen LogP contribution in [0.3, 0.4) is 0 Å². The van der Waals surface area contributed by atoms with Crippen molar-refractivity contribution in [3.8, 4) is 0 Å². The minimum Gasteiger partial charge on any atom is -0.207 e. The molecule has 0 aliphatic carbocycles. The highest BCUT2D eigenvalue weighted by Gasteiger charge is 2.34. The van der Waals surface area contributed by atoms with Gasteiger partial charge in [-0.2, -0.15) is 4.31 Å². The number of rotatable bonds is 5. The number of nitrogens with zero attached hydrogens (tertiary/aromatic N) is 1. The maximum Gasteiger partial charge on any atom is 0.243 e. The van der Waals surface area contributed by atoms with Crippen LogP contribution >= 0.6 is 0 Å². The van der Waals surface area contributed by atoms with Gasteiger partial charge in [0.05, 0.1) is 4.90 Å². The smallest absolute Gasteiger partial charge is 0.207 e. The molecular formula is C26H25NO2S. The molecule has 0 radical (unpaired) electrons. The van der Waals surface area contributed by atoms with Crippen molar-refractivity contribution >= 4 is 21.2 Å². The minimum atomic E-state index is -3.62. The van der Waals surface area contributed by atoms with Gasteiger partial charge in [-0.25, -0.2) is 8.42 Å². The summed E-state index contributed by atoms with van der Waals surface area (Å²) in [5.41, 5.74) is 5.34. The van der Waals surface area contributed by atoms with Crippen molar-refractivity contribution in [2.75, 3.05) is 13.1 Å². The highest BCUT2D eigenvalue weighted by atomic mass is 32.2. The van der Waals surface area contributed by atoms with Crippen molar-refractivity contribution < 1.29 is 8.42 Å². The third-order valence-corrected chi connectivity index (χ3v) is 7.41. The Bertz CT molecular complexity index is 1160. The predicted octanol–water partition coefficient (Wildman–Crippen LogP) is 5.41. The van der Waals surface area contributed by atoms with E-state index >= 15 is 0 Å². The molecule has 1 aliphatic heterocycles. The van der Waals surface area contributed by atoms with E-state index in [1.807, 2.05) is 73.7 Å². The van der Waals surface area contributed by atoms with E-state index in [0.29, 0.717) is 18.0 Å². The first-order valence-corrected chi connectivity index (χ1v) is 11.5. The summed E-state index contributed by atoms with van der Waals surface area (Å²) in [5.74, 6) is -0.100. The lowest BCUT2D eigenvalue weighted by molar-refractivity contribution is 0.420. The lowest BCUT2D eigenvalue weighted by Crippen LogP contribution is -2.40. The molecule has 0 aromatic heterocycles. The SMILES string of the molecule is C=C[C@H]1CN(S(=O)(=O)c2ccc(C)cc2)CC(c2ccccc2)=C1c1ccccc1. The zero-order chi connectivity index (χ0) is 21.1. The largest absolute Gasteiger partial charge is 0.243 e. The van der Waals surface area contributed by atoms with Gasteiger partial charge in [0, 0.05) is 19.0 Å². The summed E-state index contributed by atoms with van der Waals surface area (Å²) in [6.07, 6.45) is 1.86. The third-order valence-electron chi connectivity index (χ3n) is 5.58. The second kappa shape index (κ2) is 8.42. The van der Waals surface area contributed by atoms with E-state index in [2.05, 4.69) is 18.7 Å². The number of sulfonamides is 1. The molecule has 1 heterocycles. The number of hydrogen-bond acceptors (Lipinski definition) is 2. The van der Waals surface area contributed by atoms with Crippen molar-refractivity contribution in [1.82, 2.24) is 4.31 Å². The number of hydrogen-bond donors (Lipinski definition) is 0. The average Bonchev–Trinajstić information content (AvgIpc) is 2.79. The quantitative estimate of drug-likeness (QED) is 0.522. The molecule has 0 amide bonds. The van der Waals surface area contributed by atoms with E-state index in [1.54, 1.807) is 16.4 Å². The number of benzene rings is 3. The fourth-order valence-corrected chi connectivity index (χ4v) is 5.42. The van der Waals surface area contributed by atoms with Crippen molar-refractivity contribution in [1.29, 1.82) is 0 Å². The molecule has 3 aromatic carbocycles. The summed E-state index contributed by atoms with van der Waals surface area (Å²) < 4.78 is 28.5. The molecule has 0 saturated heterocycles. The number of aryl methyl sites for hydroxylation is 1. The molecule has 3 nitrogen and oxygen atoms in total. The van der Waals surface area contributed by atoms with Gasteiger partial charge in [-0.15, -0.1) is 6.58 Å². The van der Waals surface area contributed by atoms with Crippen LogP contribution in [-0.4, -0.2) is 25.8 Å². The van der Waals surface area contributed by atoms with Crippen LogP contribution in [0.25, 0.3) is 11.1 Å². The zero-order valence-corrected chi connectivity index (χ0v) is 17.8. The Morgan fingerprint density at radius 1 is 0.867 bits per heavy atom. The third kappa shape index (κ3) is 3.89. The van der Waals surface area contributed by atoms with Gasteiger partial charge in [0.1, 0.15) is 0 Å². The predicted molar refractivity (Wildman–Crippen MR) is 123 cm³/mol. The summed E-state index contributed by atoms with van der Waals surface area (Å²) in [7, 11) is -3.62. The van der Waals surface area contributed by atoms with Gasteiger partial charge in [-0.05, 0) is 41.3 Å². The monoisotopic (exact) mass is 415 g/mol. The molecule has 30 heavy (non-hydrogen) atoms. The van der Waals surface area contributed by atoms with E-state index in [-0.39, 0.29) is 5.92 Å². The first kappa shape index (κ1) is 20.3. The highest BCUT2D eigenvalue weighted by molar-refractivity contribution is 7.89. The van der Waals surface area contributed by atoms with E-state index in [0.717, 1.165) is 27.8 Å². The Morgan fingerprint density at radius 3 is 2.00 bits per heavy atom. The van der Waals surface area contributed by atoms with Gasteiger partial charge in [0.25, 0.3) is 0 Å². The average molecular weight is 416 g/mol. The molecule has 0 N–H and O–H groups in total. The summed E-state index contributed by atoms with van der Waals surface area (Å²) in [6.45, 7) is 6.69. The topological polar surface area (TPSA) is 37.4 Å². The van der Waals surface area contributed by atoms with Crippen molar-refractivity contribution in [3.05, 3.63) is 114 Å². The lowest BCUT2D eigenvalue weighted by atomic mass is 9.83. The van der Waals surface area contributed by atoms with Crippen LogP contribution in [0, 0.1) is 12.8 Å². The normalized spacial score (nSPS) is 17.7. The molecule has 1 atom stereocenters. The Labute approximate surface area is 179 Å². The first-order valence-electron chi connectivity index (χ1n) is 10.0. The molecule has 0 saturated carbocycles. The van der Waals surface area contributed by atoms with Gasteiger partial charge >= 0.3 is 0 Å². The van der Waals surface area contributed by atoms with E-state index in [4.69, 9.17) is 0 Å². The van der Waals surface area contributed by atoms with E-state index < -0.39 is 10.0 Å². The molecule has 0 fully saturated rings. The summed E-state index contributed by atoms with van der Waals surface area (Å²) in [6, 6.07) is 27.3. The zero-order valence-electron chi connectivity index (χ0n) is 17.0. The van der Waals surface area contributed by atoms with Crippen LogP contribution in [0.15, 0.2) is 102 Å². The van der Waals surface area contributed by atoms with Crippen LogP contribution in [0.5, 0.6) is 0 Å². The van der Waals surface area contributed by atoms with Crippen LogP contribution < -0.4 is 0 Å². The maximum absolute atomic E-state index is 13.4. The van der Waals surface area contributed by atoms with Crippen LogP contribution in [0.1, 0.15) is 16.7 Å². The van der Waals surface area contributed by atoms with E-state index in [1.165, 1.54) is 0 Å². The molecule has 0 spiro atoms. The molecule has 4 rings (SSSR count). The van der Waals surface area contributed by atoms with Crippen LogP contribution in [0.2, 0.25) is 0 Å². The maximum atomic E-state index is 13.4. The molecular weight excluding hydrogens is 390 g/mol. The summed E-state index contributed by atoms with van der Waals surface area (Å²) in [5, 5.41) is 0. The minimum absolute atomic E-state index is 0.100. The van der Waals surface area contributed by atoms with Gasteiger partial charge in [0.2, 0.25) is 10.0 Å². The Morgan fingerprint density at radius 2 is 1.43 bits per heavy atom. The highest BCUT2D eigenvalue weighted by Crippen LogP contribution is 2.39. The summed E-state index contributed by atoms with van der Waals surface area (Å²) in [4.78, 5) is 0.325. The fourth-order valence-electron chi connectivity index (χ4n) is 3.99.